The molecule has 1 atom stereocenters. The number of benzene rings is 1. The van der Waals surface area contributed by atoms with Gasteiger partial charge in [0.15, 0.2) is 6.61 Å². The number of halogens is 2. The Balaban J connectivity index is 2.50. The summed E-state index contributed by atoms with van der Waals surface area (Å²) in [7, 11) is 0. The predicted octanol–water partition coefficient (Wildman–Crippen LogP) is 1.87. The summed E-state index contributed by atoms with van der Waals surface area (Å²) in [6, 6.07) is 4.45. The highest BCUT2D eigenvalue weighted by molar-refractivity contribution is 6.34. The molecule has 0 aromatic heterocycles. The standard InChI is InChI=1S/C11H13Cl2NO3/c1-7(5-15)14-11(16)6-17-10-4-8(12)2-3-9(10)13/h2-4,7,15H,5-6H2,1H3,(H,14,16)/t7-/m0/s1. The summed E-state index contributed by atoms with van der Waals surface area (Å²) in [5, 5.41) is 12.2. The van der Waals surface area contributed by atoms with Crippen LogP contribution in [0.25, 0.3) is 0 Å². The zero-order valence-corrected chi connectivity index (χ0v) is 10.8. The maximum absolute atomic E-state index is 11.4. The van der Waals surface area contributed by atoms with E-state index in [2.05, 4.69) is 5.32 Å². The number of nitrogens with one attached hydrogen (secondary N) is 1. The molecule has 0 unspecified atom stereocenters. The van der Waals surface area contributed by atoms with Crippen molar-refractivity contribution in [2.45, 2.75) is 13.0 Å². The van der Waals surface area contributed by atoms with Crippen molar-refractivity contribution >= 4 is 29.1 Å². The van der Waals surface area contributed by atoms with Gasteiger partial charge in [0.25, 0.3) is 5.91 Å². The fourth-order valence-electron chi connectivity index (χ4n) is 1.09. The monoisotopic (exact) mass is 277 g/mol. The molecule has 1 aromatic carbocycles. The topological polar surface area (TPSA) is 58.6 Å². The van der Waals surface area contributed by atoms with Crippen molar-refractivity contribution in [3.63, 3.8) is 0 Å². The van der Waals surface area contributed by atoms with E-state index in [-0.39, 0.29) is 25.2 Å². The van der Waals surface area contributed by atoms with Gasteiger partial charge in [0.1, 0.15) is 5.75 Å². The number of aliphatic hydroxyl groups is 1. The molecule has 94 valence electrons. The van der Waals surface area contributed by atoms with Crippen LogP contribution in [0.1, 0.15) is 6.92 Å². The van der Waals surface area contributed by atoms with E-state index in [0.29, 0.717) is 15.8 Å². The van der Waals surface area contributed by atoms with Crippen LogP contribution in [0, 0.1) is 0 Å². The lowest BCUT2D eigenvalue weighted by molar-refractivity contribution is -0.123. The molecule has 6 heteroatoms. The van der Waals surface area contributed by atoms with E-state index >= 15 is 0 Å². The van der Waals surface area contributed by atoms with Gasteiger partial charge in [-0.15, -0.1) is 0 Å². The third kappa shape index (κ3) is 4.81. The Bertz CT molecular complexity index is 398. The number of hydrogen-bond donors (Lipinski definition) is 2. The molecular formula is C11H13Cl2NO3. The van der Waals surface area contributed by atoms with Gasteiger partial charge in [0, 0.05) is 17.1 Å². The van der Waals surface area contributed by atoms with E-state index in [1.807, 2.05) is 0 Å². The van der Waals surface area contributed by atoms with Crippen LogP contribution in [0.5, 0.6) is 5.75 Å². The van der Waals surface area contributed by atoms with Gasteiger partial charge in [-0.2, -0.15) is 0 Å². The lowest BCUT2D eigenvalue weighted by Crippen LogP contribution is -2.38. The molecule has 0 fully saturated rings. The summed E-state index contributed by atoms with van der Waals surface area (Å²) < 4.78 is 5.21. The second kappa shape index (κ2) is 6.69. The first kappa shape index (κ1) is 14.1. The molecule has 0 aliphatic carbocycles. The lowest BCUT2D eigenvalue weighted by Gasteiger charge is -2.12. The van der Waals surface area contributed by atoms with Gasteiger partial charge in [0.05, 0.1) is 11.6 Å². The minimum absolute atomic E-state index is 0.121. The summed E-state index contributed by atoms with van der Waals surface area (Å²) in [6.45, 7) is 1.39. The van der Waals surface area contributed by atoms with Crippen LogP contribution in [0.15, 0.2) is 18.2 Å². The average Bonchev–Trinajstić information content (AvgIpc) is 2.30. The maximum Gasteiger partial charge on any atom is 0.258 e. The van der Waals surface area contributed by atoms with Crippen LogP contribution in [0.3, 0.4) is 0 Å². The van der Waals surface area contributed by atoms with Crippen LogP contribution in [-0.4, -0.2) is 30.3 Å². The van der Waals surface area contributed by atoms with Gasteiger partial charge in [-0.25, -0.2) is 0 Å². The highest BCUT2D eigenvalue weighted by Gasteiger charge is 2.08. The first-order valence-corrected chi connectivity index (χ1v) is 5.76. The normalized spacial score (nSPS) is 12.0. The number of rotatable bonds is 5. The summed E-state index contributed by atoms with van der Waals surface area (Å²) in [4.78, 5) is 11.4. The molecule has 0 aliphatic heterocycles. The molecular weight excluding hydrogens is 265 g/mol. The first-order valence-electron chi connectivity index (χ1n) is 5.01. The minimum atomic E-state index is -0.331. The Morgan fingerprint density at radius 1 is 1.53 bits per heavy atom. The van der Waals surface area contributed by atoms with E-state index in [1.54, 1.807) is 19.1 Å². The van der Waals surface area contributed by atoms with E-state index < -0.39 is 0 Å². The molecule has 0 saturated carbocycles. The minimum Gasteiger partial charge on any atom is -0.482 e. The highest BCUT2D eigenvalue weighted by atomic mass is 35.5. The second-order valence-corrected chi connectivity index (χ2v) is 4.36. The van der Waals surface area contributed by atoms with Crippen LogP contribution in [0.4, 0.5) is 0 Å². The zero-order chi connectivity index (χ0) is 12.8. The Morgan fingerprint density at radius 2 is 2.24 bits per heavy atom. The SMILES string of the molecule is C[C@@H](CO)NC(=O)COc1cc(Cl)ccc1Cl. The second-order valence-electron chi connectivity index (χ2n) is 3.51. The fraction of sp³-hybridized carbons (Fsp3) is 0.364. The van der Waals surface area contributed by atoms with E-state index in [9.17, 15) is 4.79 Å². The van der Waals surface area contributed by atoms with Gasteiger partial charge < -0.3 is 15.2 Å². The third-order valence-corrected chi connectivity index (χ3v) is 2.48. The number of ether oxygens (including phenoxy) is 1. The van der Waals surface area contributed by atoms with Gasteiger partial charge in [-0.05, 0) is 19.1 Å². The van der Waals surface area contributed by atoms with Crippen molar-refractivity contribution in [3.8, 4) is 5.75 Å². The smallest absolute Gasteiger partial charge is 0.258 e. The lowest BCUT2D eigenvalue weighted by atomic mass is 10.3. The molecule has 0 bridgehead atoms. The van der Waals surface area contributed by atoms with Gasteiger partial charge in [-0.1, -0.05) is 23.2 Å². The molecule has 4 nitrogen and oxygen atoms in total. The Kier molecular flexibility index (Phi) is 5.55. The Morgan fingerprint density at radius 3 is 2.88 bits per heavy atom. The predicted molar refractivity (Wildman–Crippen MR) is 66.6 cm³/mol. The van der Waals surface area contributed by atoms with Crippen molar-refractivity contribution < 1.29 is 14.6 Å². The number of carbonyl (C=O) groups excluding carboxylic acids is 1. The summed E-state index contributed by atoms with van der Waals surface area (Å²) in [5.74, 6) is 0.0218. The average molecular weight is 278 g/mol. The van der Waals surface area contributed by atoms with E-state index in [1.165, 1.54) is 6.07 Å². The molecule has 0 radical (unpaired) electrons. The first-order chi connectivity index (χ1) is 8.02. The largest absolute Gasteiger partial charge is 0.482 e. The molecule has 0 heterocycles. The fourth-order valence-corrected chi connectivity index (χ4v) is 1.43. The molecule has 17 heavy (non-hydrogen) atoms. The number of amides is 1. The maximum atomic E-state index is 11.4. The summed E-state index contributed by atoms with van der Waals surface area (Å²) in [5.41, 5.74) is 0. The number of hydrogen-bond acceptors (Lipinski definition) is 3. The van der Waals surface area contributed by atoms with Gasteiger partial charge in [0.2, 0.25) is 0 Å². The molecule has 1 amide bonds. The van der Waals surface area contributed by atoms with Crippen molar-refractivity contribution in [2.24, 2.45) is 0 Å². The number of carbonyl (C=O) groups is 1. The van der Waals surface area contributed by atoms with Crippen molar-refractivity contribution in [1.29, 1.82) is 0 Å². The molecule has 0 spiro atoms. The van der Waals surface area contributed by atoms with E-state index in [4.69, 9.17) is 33.0 Å². The molecule has 0 aliphatic rings. The van der Waals surface area contributed by atoms with Gasteiger partial charge >= 0.3 is 0 Å². The molecule has 2 N–H and O–H groups in total. The van der Waals surface area contributed by atoms with Crippen molar-refractivity contribution in [3.05, 3.63) is 28.2 Å². The Labute approximate surface area is 109 Å². The third-order valence-electron chi connectivity index (χ3n) is 1.93. The van der Waals surface area contributed by atoms with Crippen LogP contribution >= 0.6 is 23.2 Å². The van der Waals surface area contributed by atoms with Crippen LogP contribution < -0.4 is 10.1 Å². The van der Waals surface area contributed by atoms with Gasteiger partial charge in [-0.3, -0.25) is 4.79 Å². The van der Waals surface area contributed by atoms with Crippen molar-refractivity contribution in [1.82, 2.24) is 5.32 Å². The van der Waals surface area contributed by atoms with Crippen LogP contribution in [0.2, 0.25) is 10.0 Å². The summed E-state index contributed by atoms with van der Waals surface area (Å²) >= 11 is 11.6. The zero-order valence-electron chi connectivity index (χ0n) is 9.24. The highest BCUT2D eigenvalue weighted by Crippen LogP contribution is 2.27. The molecule has 1 aromatic rings. The van der Waals surface area contributed by atoms with Crippen molar-refractivity contribution in [2.75, 3.05) is 13.2 Å². The van der Waals surface area contributed by atoms with Crippen LogP contribution in [-0.2, 0) is 4.79 Å². The number of aliphatic hydroxyl groups excluding tert-OH is 1. The Hall–Kier alpha value is -0.970. The quantitative estimate of drug-likeness (QED) is 0.864. The van der Waals surface area contributed by atoms with E-state index in [0.717, 1.165) is 0 Å². The molecule has 0 saturated heterocycles. The summed E-state index contributed by atoms with van der Waals surface area (Å²) in [6.07, 6.45) is 0. The molecule has 1 rings (SSSR count).